The van der Waals surface area contributed by atoms with E-state index in [1.54, 1.807) is 31.2 Å². The lowest BCUT2D eigenvalue weighted by Gasteiger charge is -2.28. The van der Waals surface area contributed by atoms with Gasteiger partial charge in [-0.05, 0) is 62.2 Å². The predicted octanol–water partition coefficient (Wildman–Crippen LogP) is 4.02. The number of anilines is 1. The molecule has 0 radical (unpaired) electrons. The third-order valence-electron chi connectivity index (χ3n) is 4.28. The lowest BCUT2D eigenvalue weighted by Crippen LogP contribution is -2.54. The fourth-order valence-electron chi connectivity index (χ4n) is 2.91. The Morgan fingerprint density at radius 3 is 2.57 bits per heavy atom. The van der Waals surface area contributed by atoms with Gasteiger partial charge in [0.1, 0.15) is 11.3 Å². The first kappa shape index (κ1) is 19.6. The van der Waals surface area contributed by atoms with Gasteiger partial charge in [-0.25, -0.2) is 9.69 Å². The average molecular weight is 399 g/mol. The van der Waals surface area contributed by atoms with Crippen LogP contribution < -0.4 is 15.0 Å². The number of hydrogen-bond donors (Lipinski definition) is 1. The van der Waals surface area contributed by atoms with Gasteiger partial charge in [0, 0.05) is 10.6 Å². The number of hydrogen-bond acceptors (Lipinski definition) is 4. The van der Waals surface area contributed by atoms with E-state index in [1.807, 2.05) is 26.0 Å². The number of ether oxygens (including phenoxy) is 1. The van der Waals surface area contributed by atoms with Gasteiger partial charge >= 0.3 is 6.03 Å². The number of urea groups is 1. The summed E-state index contributed by atoms with van der Waals surface area (Å²) < 4.78 is 5.54. The Balaban J connectivity index is 2.09. The van der Waals surface area contributed by atoms with Crippen LogP contribution in [-0.4, -0.2) is 24.5 Å². The minimum atomic E-state index is -0.781. The van der Waals surface area contributed by atoms with E-state index in [1.165, 1.54) is 6.08 Å². The summed E-state index contributed by atoms with van der Waals surface area (Å²) in [7, 11) is 0. The van der Waals surface area contributed by atoms with Gasteiger partial charge in [-0.15, -0.1) is 0 Å². The summed E-state index contributed by atoms with van der Waals surface area (Å²) in [6.45, 7) is 5.88. The highest BCUT2D eigenvalue weighted by atomic mass is 35.5. The Bertz CT molecular complexity index is 1010. The number of nitrogens with one attached hydrogen (secondary N) is 1. The van der Waals surface area contributed by atoms with Crippen LogP contribution in [0.2, 0.25) is 5.02 Å². The summed E-state index contributed by atoms with van der Waals surface area (Å²) in [5.74, 6) is -0.987. The van der Waals surface area contributed by atoms with Crippen LogP contribution in [0.1, 0.15) is 23.6 Å². The zero-order chi connectivity index (χ0) is 20.4. The smallest absolute Gasteiger partial charge is 0.335 e. The Kier molecular flexibility index (Phi) is 5.51. The topological polar surface area (TPSA) is 75.7 Å². The molecule has 3 rings (SSSR count). The fraction of sp³-hybridized carbons (Fsp3) is 0.190. The normalized spacial score (nSPS) is 15.8. The molecule has 0 bridgehead atoms. The molecule has 7 heteroatoms. The highest BCUT2D eigenvalue weighted by Crippen LogP contribution is 2.29. The molecule has 0 spiro atoms. The van der Waals surface area contributed by atoms with Gasteiger partial charge in [-0.2, -0.15) is 0 Å². The zero-order valence-corrected chi connectivity index (χ0v) is 16.5. The maximum Gasteiger partial charge on any atom is 0.335 e. The SMILES string of the molecule is CCOc1ccc(Cl)cc1/C=C1\C(=O)NC(=O)N(c2cc(C)ccc2C)C1=O. The van der Waals surface area contributed by atoms with Gasteiger partial charge in [0.05, 0.1) is 12.3 Å². The van der Waals surface area contributed by atoms with Gasteiger partial charge < -0.3 is 4.74 Å². The van der Waals surface area contributed by atoms with Crippen molar-refractivity contribution in [1.82, 2.24) is 5.32 Å². The third-order valence-corrected chi connectivity index (χ3v) is 4.51. The van der Waals surface area contributed by atoms with Crippen LogP contribution in [0.15, 0.2) is 42.0 Å². The summed E-state index contributed by atoms with van der Waals surface area (Å²) in [5.41, 5.74) is 2.35. The largest absolute Gasteiger partial charge is 0.493 e. The van der Waals surface area contributed by atoms with Crippen molar-refractivity contribution in [1.29, 1.82) is 0 Å². The van der Waals surface area contributed by atoms with Crippen molar-refractivity contribution in [2.75, 3.05) is 11.5 Å². The number of benzene rings is 2. The summed E-state index contributed by atoms with van der Waals surface area (Å²) in [4.78, 5) is 38.8. The molecule has 2 aromatic carbocycles. The Morgan fingerprint density at radius 2 is 1.86 bits per heavy atom. The molecule has 1 N–H and O–H groups in total. The molecule has 0 saturated carbocycles. The van der Waals surface area contributed by atoms with Crippen molar-refractivity contribution in [3.8, 4) is 5.75 Å². The molecule has 28 heavy (non-hydrogen) atoms. The summed E-state index contributed by atoms with van der Waals surface area (Å²) in [6.07, 6.45) is 1.39. The molecule has 1 saturated heterocycles. The molecule has 1 aliphatic heterocycles. The van der Waals surface area contributed by atoms with Crippen molar-refractivity contribution in [3.63, 3.8) is 0 Å². The second-order valence-corrected chi connectivity index (χ2v) is 6.80. The second-order valence-electron chi connectivity index (χ2n) is 6.36. The Hall–Kier alpha value is -3.12. The lowest BCUT2D eigenvalue weighted by molar-refractivity contribution is -0.122. The van der Waals surface area contributed by atoms with Gasteiger partial charge in [-0.1, -0.05) is 23.7 Å². The number of nitrogens with zero attached hydrogens (tertiary/aromatic N) is 1. The van der Waals surface area contributed by atoms with Gasteiger partial charge in [0.15, 0.2) is 0 Å². The number of amides is 4. The maximum atomic E-state index is 13.1. The van der Waals surface area contributed by atoms with E-state index >= 15 is 0 Å². The van der Waals surface area contributed by atoms with Crippen LogP contribution >= 0.6 is 11.6 Å². The molecule has 0 unspecified atom stereocenters. The van der Waals surface area contributed by atoms with E-state index in [0.29, 0.717) is 28.6 Å². The fourth-order valence-corrected chi connectivity index (χ4v) is 3.09. The number of imide groups is 2. The zero-order valence-electron chi connectivity index (χ0n) is 15.7. The first-order chi connectivity index (χ1) is 13.3. The van der Waals surface area contributed by atoms with E-state index < -0.39 is 17.8 Å². The molecule has 1 fully saturated rings. The molecular formula is C21H19ClN2O4. The molecule has 2 aromatic rings. The van der Waals surface area contributed by atoms with Crippen LogP contribution in [0.4, 0.5) is 10.5 Å². The highest BCUT2D eigenvalue weighted by molar-refractivity contribution is 6.39. The number of carbonyl (C=O) groups is 3. The minimum Gasteiger partial charge on any atom is -0.493 e. The van der Waals surface area contributed by atoms with Gasteiger partial charge in [0.25, 0.3) is 11.8 Å². The van der Waals surface area contributed by atoms with Crippen LogP contribution in [0.25, 0.3) is 6.08 Å². The van der Waals surface area contributed by atoms with Crippen molar-refractivity contribution >= 4 is 41.2 Å². The van der Waals surface area contributed by atoms with E-state index in [-0.39, 0.29) is 5.57 Å². The van der Waals surface area contributed by atoms with Crippen LogP contribution in [-0.2, 0) is 9.59 Å². The molecule has 144 valence electrons. The maximum absolute atomic E-state index is 13.1. The molecule has 0 aliphatic carbocycles. The van der Waals surface area contributed by atoms with E-state index in [0.717, 1.165) is 16.0 Å². The quantitative estimate of drug-likeness (QED) is 0.623. The van der Waals surface area contributed by atoms with Crippen LogP contribution in [0.5, 0.6) is 5.75 Å². The molecule has 1 aliphatic rings. The summed E-state index contributed by atoms with van der Waals surface area (Å²) >= 11 is 6.06. The van der Waals surface area contributed by atoms with Crippen LogP contribution in [0, 0.1) is 13.8 Å². The van der Waals surface area contributed by atoms with Crippen molar-refractivity contribution < 1.29 is 19.1 Å². The van der Waals surface area contributed by atoms with Gasteiger partial charge in [0.2, 0.25) is 0 Å². The van der Waals surface area contributed by atoms with Crippen molar-refractivity contribution in [3.05, 3.63) is 63.7 Å². The number of aryl methyl sites for hydroxylation is 2. The van der Waals surface area contributed by atoms with Crippen LogP contribution in [0.3, 0.4) is 0 Å². The first-order valence-corrected chi connectivity index (χ1v) is 9.10. The highest BCUT2D eigenvalue weighted by Gasteiger charge is 2.37. The minimum absolute atomic E-state index is 0.177. The van der Waals surface area contributed by atoms with Gasteiger partial charge in [-0.3, -0.25) is 14.9 Å². The van der Waals surface area contributed by atoms with E-state index in [2.05, 4.69) is 5.32 Å². The first-order valence-electron chi connectivity index (χ1n) is 8.73. The van der Waals surface area contributed by atoms with Crippen molar-refractivity contribution in [2.24, 2.45) is 0 Å². The molecule has 1 heterocycles. The summed E-state index contributed by atoms with van der Waals surface area (Å²) in [5, 5.41) is 2.66. The summed E-state index contributed by atoms with van der Waals surface area (Å²) in [6, 6.07) is 9.56. The number of carbonyl (C=O) groups excluding carboxylic acids is 3. The molecule has 4 amide bonds. The monoisotopic (exact) mass is 398 g/mol. The molecule has 0 atom stereocenters. The number of rotatable bonds is 4. The van der Waals surface area contributed by atoms with E-state index in [9.17, 15) is 14.4 Å². The van der Waals surface area contributed by atoms with Crippen molar-refractivity contribution in [2.45, 2.75) is 20.8 Å². The standard InChI is InChI=1S/C21H19ClN2O4/c1-4-28-18-8-7-15(22)10-14(18)11-16-19(25)23-21(27)24(20(16)26)17-9-12(2)5-6-13(17)3/h5-11H,4H2,1-3H3,(H,23,25,27)/b16-11+. The van der Waals surface area contributed by atoms with E-state index in [4.69, 9.17) is 16.3 Å². The molecular weight excluding hydrogens is 380 g/mol. The lowest BCUT2D eigenvalue weighted by atomic mass is 10.0. The Morgan fingerprint density at radius 1 is 1.11 bits per heavy atom. The average Bonchev–Trinajstić information content (AvgIpc) is 2.63. The second kappa shape index (κ2) is 7.86. The predicted molar refractivity (Wildman–Crippen MR) is 108 cm³/mol. The molecule has 0 aromatic heterocycles. The molecule has 6 nitrogen and oxygen atoms in total. The Labute approximate surface area is 167 Å². The third kappa shape index (κ3) is 3.77. The number of barbiturate groups is 1. The number of halogens is 1.